The van der Waals surface area contributed by atoms with E-state index in [1.165, 1.54) is 0 Å². The molecule has 0 aromatic rings. The van der Waals surface area contributed by atoms with E-state index in [9.17, 15) is 4.79 Å². The summed E-state index contributed by atoms with van der Waals surface area (Å²) in [6, 6.07) is 0.0731. The second-order valence-electron chi connectivity index (χ2n) is 6.58. The molecule has 2 atom stereocenters. The zero-order valence-electron chi connectivity index (χ0n) is 12.5. The van der Waals surface area contributed by atoms with Crippen LogP contribution in [0.4, 0.5) is 0 Å². The largest absolute Gasteiger partial charge is 0.409 e. The van der Waals surface area contributed by atoms with Gasteiger partial charge in [-0.05, 0) is 19.3 Å². The highest BCUT2D eigenvalue weighted by atomic mass is 16.5. The van der Waals surface area contributed by atoms with Crippen molar-refractivity contribution in [3.63, 3.8) is 0 Å². The lowest BCUT2D eigenvalue weighted by atomic mass is 9.64. The van der Waals surface area contributed by atoms with Crippen molar-refractivity contribution in [1.82, 2.24) is 5.32 Å². The number of hydrogen-bond donors (Lipinski definition) is 3. The van der Waals surface area contributed by atoms with Crippen LogP contribution in [0, 0.1) is 10.8 Å². The van der Waals surface area contributed by atoms with Crippen molar-refractivity contribution in [2.45, 2.75) is 58.1 Å². The van der Waals surface area contributed by atoms with Gasteiger partial charge in [-0.3, -0.25) is 4.79 Å². The molecule has 2 aliphatic carbocycles. The summed E-state index contributed by atoms with van der Waals surface area (Å²) in [6.07, 6.45) is 4.12. The summed E-state index contributed by atoms with van der Waals surface area (Å²) < 4.78 is 5.39. The summed E-state index contributed by atoms with van der Waals surface area (Å²) in [7, 11) is 1.69. The molecule has 0 aromatic heterocycles. The van der Waals surface area contributed by atoms with E-state index in [1.807, 2.05) is 0 Å². The third kappa shape index (κ3) is 2.16. The fraction of sp³-hybridized carbons (Fsp3) is 0.857. The predicted octanol–water partition coefficient (Wildman–Crippen LogP) is 1.22. The van der Waals surface area contributed by atoms with Crippen molar-refractivity contribution in [1.29, 1.82) is 0 Å². The second kappa shape index (κ2) is 5.24. The summed E-state index contributed by atoms with van der Waals surface area (Å²) in [5.41, 5.74) is 4.87. The number of carbonyl (C=O) groups excluding carboxylic acids is 1. The Hall–Kier alpha value is -1.30. The molecule has 6 heteroatoms. The van der Waals surface area contributed by atoms with Crippen molar-refractivity contribution >= 4 is 11.7 Å². The SMILES string of the molecule is COC1CC(NC(=O)C2(C(N)=NO)CCCC2)C1(C)C. The topological polar surface area (TPSA) is 96.9 Å². The standard InChI is InChI=1S/C14H25N3O3/c1-13(2)9(8-10(13)20-3)16-12(18)14(11(15)17-19)6-4-5-7-14/h9-10,19H,4-8H2,1-3H3,(H2,15,17)(H,16,18). The molecule has 2 unspecified atom stereocenters. The highest BCUT2D eigenvalue weighted by molar-refractivity contribution is 6.07. The summed E-state index contributed by atoms with van der Waals surface area (Å²) in [6.45, 7) is 4.17. The lowest BCUT2D eigenvalue weighted by Crippen LogP contribution is -2.64. The lowest BCUT2D eigenvalue weighted by Gasteiger charge is -2.51. The van der Waals surface area contributed by atoms with E-state index in [4.69, 9.17) is 15.7 Å². The van der Waals surface area contributed by atoms with Crippen LogP contribution in [0.5, 0.6) is 0 Å². The van der Waals surface area contributed by atoms with Crippen molar-refractivity contribution < 1.29 is 14.7 Å². The summed E-state index contributed by atoms with van der Waals surface area (Å²) in [4.78, 5) is 12.6. The molecule has 0 heterocycles. The molecular weight excluding hydrogens is 258 g/mol. The number of nitrogens with zero attached hydrogens (tertiary/aromatic N) is 1. The van der Waals surface area contributed by atoms with E-state index in [0.717, 1.165) is 19.3 Å². The molecule has 0 spiro atoms. The number of amidine groups is 1. The number of rotatable bonds is 4. The zero-order chi connectivity index (χ0) is 15.0. The van der Waals surface area contributed by atoms with Gasteiger partial charge in [0.25, 0.3) is 0 Å². The molecule has 1 amide bonds. The Bertz CT molecular complexity index is 414. The maximum absolute atomic E-state index is 12.6. The molecule has 0 bridgehead atoms. The van der Waals surface area contributed by atoms with Crippen molar-refractivity contribution in [3.8, 4) is 0 Å². The Morgan fingerprint density at radius 3 is 2.45 bits per heavy atom. The Kier molecular flexibility index (Phi) is 3.95. The summed E-state index contributed by atoms with van der Waals surface area (Å²) in [5, 5.41) is 15.1. The molecule has 2 saturated carbocycles. The lowest BCUT2D eigenvalue weighted by molar-refractivity contribution is -0.138. The molecule has 114 valence electrons. The minimum Gasteiger partial charge on any atom is -0.409 e. The van der Waals surface area contributed by atoms with Gasteiger partial charge in [0.1, 0.15) is 5.41 Å². The number of methoxy groups -OCH3 is 1. The van der Waals surface area contributed by atoms with Crippen LogP contribution in [-0.4, -0.2) is 36.2 Å². The van der Waals surface area contributed by atoms with Crippen molar-refractivity contribution in [3.05, 3.63) is 0 Å². The molecule has 2 rings (SSSR count). The number of nitrogens with one attached hydrogen (secondary N) is 1. The Morgan fingerprint density at radius 1 is 1.40 bits per heavy atom. The van der Waals surface area contributed by atoms with Gasteiger partial charge in [0.05, 0.1) is 6.10 Å². The number of amides is 1. The summed E-state index contributed by atoms with van der Waals surface area (Å²) >= 11 is 0. The van der Waals surface area contributed by atoms with Gasteiger partial charge in [0.2, 0.25) is 5.91 Å². The first-order valence-electron chi connectivity index (χ1n) is 7.20. The molecule has 6 nitrogen and oxygen atoms in total. The van der Waals surface area contributed by atoms with Crippen LogP contribution in [0.25, 0.3) is 0 Å². The van der Waals surface area contributed by atoms with Gasteiger partial charge in [-0.15, -0.1) is 0 Å². The number of carbonyl (C=O) groups is 1. The molecular formula is C14H25N3O3. The molecule has 2 aliphatic rings. The fourth-order valence-corrected chi connectivity index (χ4v) is 3.50. The second-order valence-corrected chi connectivity index (χ2v) is 6.58. The molecule has 0 aliphatic heterocycles. The maximum Gasteiger partial charge on any atom is 0.234 e. The average Bonchev–Trinajstić information content (AvgIpc) is 2.92. The van der Waals surface area contributed by atoms with Crippen molar-refractivity contribution in [2.24, 2.45) is 21.7 Å². The normalized spacial score (nSPS) is 31.6. The first-order valence-corrected chi connectivity index (χ1v) is 7.20. The van der Waals surface area contributed by atoms with Crippen LogP contribution >= 0.6 is 0 Å². The number of nitrogens with two attached hydrogens (primary N) is 1. The van der Waals surface area contributed by atoms with Gasteiger partial charge in [0.15, 0.2) is 5.84 Å². The average molecular weight is 283 g/mol. The molecule has 20 heavy (non-hydrogen) atoms. The molecule has 0 radical (unpaired) electrons. The van der Waals surface area contributed by atoms with Crippen LogP contribution in [0.1, 0.15) is 46.0 Å². The van der Waals surface area contributed by atoms with Crippen LogP contribution in [-0.2, 0) is 9.53 Å². The highest BCUT2D eigenvalue weighted by Crippen LogP contribution is 2.44. The molecule has 2 fully saturated rings. The van der Waals surface area contributed by atoms with Crippen LogP contribution < -0.4 is 11.1 Å². The van der Waals surface area contributed by atoms with E-state index < -0.39 is 5.41 Å². The van der Waals surface area contributed by atoms with E-state index in [0.29, 0.717) is 12.8 Å². The Balaban J connectivity index is 2.08. The van der Waals surface area contributed by atoms with E-state index in [2.05, 4.69) is 24.3 Å². The van der Waals surface area contributed by atoms with Crippen LogP contribution in [0.2, 0.25) is 0 Å². The first-order chi connectivity index (χ1) is 9.38. The number of hydrogen-bond acceptors (Lipinski definition) is 4. The van der Waals surface area contributed by atoms with E-state index in [1.54, 1.807) is 7.11 Å². The number of ether oxygens (including phenoxy) is 1. The van der Waals surface area contributed by atoms with Gasteiger partial charge in [-0.25, -0.2) is 0 Å². The quantitative estimate of drug-likeness (QED) is 0.313. The van der Waals surface area contributed by atoms with Gasteiger partial charge in [-0.1, -0.05) is 31.8 Å². The van der Waals surface area contributed by atoms with E-state index >= 15 is 0 Å². The minimum atomic E-state index is -0.830. The predicted molar refractivity (Wildman–Crippen MR) is 75.4 cm³/mol. The molecule has 0 aromatic carbocycles. The van der Waals surface area contributed by atoms with Crippen LogP contribution in [0.3, 0.4) is 0 Å². The third-order valence-electron chi connectivity index (χ3n) is 5.26. The zero-order valence-corrected chi connectivity index (χ0v) is 12.5. The monoisotopic (exact) mass is 283 g/mol. The van der Waals surface area contributed by atoms with Gasteiger partial charge in [0, 0.05) is 18.6 Å². The molecule has 4 N–H and O–H groups in total. The highest BCUT2D eigenvalue weighted by Gasteiger charge is 2.52. The van der Waals surface area contributed by atoms with Gasteiger partial charge < -0.3 is 21.0 Å². The first kappa shape index (κ1) is 15.1. The Labute approximate surface area is 119 Å². The molecule has 0 saturated heterocycles. The fourth-order valence-electron chi connectivity index (χ4n) is 3.50. The maximum atomic E-state index is 12.6. The van der Waals surface area contributed by atoms with E-state index in [-0.39, 0.29) is 29.3 Å². The smallest absolute Gasteiger partial charge is 0.234 e. The Morgan fingerprint density at radius 2 is 2.00 bits per heavy atom. The van der Waals surface area contributed by atoms with Crippen molar-refractivity contribution in [2.75, 3.05) is 7.11 Å². The van der Waals surface area contributed by atoms with Gasteiger partial charge in [-0.2, -0.15) is 0 Å². The van der Waals surface area contributed by atoms with Crippen LogP contribution in [0.15, 0.2) is 5.16 Å². The summed E-state index contributed by atoms with van der Waals surface area (Å²) in [5.74, 6) is -0.0779. The number of oxime groups is 1. The minimum absolute atomic E-state index is 0.0351. The third-order valence-corrected chi connectivity index (χ3v) is 5.26. The van der Waals surface area contributed by atoms with Gasteiger partial charge >= 0.3 is 0 Å².